The van der Waals surface area contributed by atoms with E-state index in [0.717, 1.165) is 13.0 Å². The Labute approximate surface area is 162 Å². The van der Waals surface area contributed by atoms with Crippen molar-refractivity contribution in [2.75, 3.05) is 38.2 Å². The molecule has 1 saturated heterocycles. The summed E-state index contributed by atoms with van der Waals surface area (Å²) in [6.07, 6.45) is 4.03. The van der Waals surface area contributed by atoms with E-state index < -0.39 is 0 Å². The molecule has 1 unspecified atom stereocenters. The number of anilines is 1. The summed E-state index contributed by atoms with van der Waals surface area (Å²) in [5.74, 6) is 1.30. The van der Waals surface area contributed by atoms with Crippen molar-refractivity contribution in [2.45, 2.75) is 12.5 Å². The number of halogens is 2. The van der Waals surface area contributed by atoms with Crippen molar-refractivity contribution >= 4 is 23.4 Å². The van der Waals surface area contributed by atoms with Gasteiger partial charge in [-0.2, -0.15) is 0 Å². The predicted molar refractivity (Wildman–Crippen MR) is 104 cm³/mol. The third-order valence-electron chi connectivity index (χ3n) is 4.14. The minimum absolute atomic E-state index is 0.163. The van der Waals surface area contributed by atoms with Crippen molar-refractivity contribution in [3.8, 4) is 5.88 Å². The second kappa shape index (κ2) is 9.36. The van der Waals surface area contributed by atoms with Gasteiger partial charge in [-0.3, -0.25) is 4.99 Å². The van der Waals surface area contributed by atoms with E-state index >= 15 is 0 Å². The molecule has 1 aliphatic rings. The Morgan fingerprint density at radius 3 is 3.04 bits per heavy atom. The lowest BCUT2D eigenvalue weighted by Gasteiger charge is -2.20. The van der Waals surface area contributed by atoms with Crippen molar-refractivity contribution in [1.82, 2.24) is 20.6 Å². The SMILES string of the molecule is CN=C(NCCOc1ccc(Cl)cn1)NC1CCN(c2ncccc2F)C1. The van der Waals surface area contributed by atoms with Gasteiger partial charge in [0.25, 0.3) is 0 Å². The van der Waals surface area contributed by atoms with Crippen LogP contribution < -0.4 is 20.3 Å². The molecule has 3 rings (SSSR count). The number of hydrogen-bond acceptors (Lipinski definition) is 5. The van der Waals surface area contributed by atoms with Crippen LogP contribution in [0.25, 0.3) is 0 Å². The molecule has 0 aliphatic carbocycles. The zero-order chi connectivity index (χ0) is 19.1. The lowest BCUT2D eigenvalue weighted by molar-refractivity contribution is 0.309. The van der Waals surface area contributed by atoms with E-state index in [0.29, 0.717) is 42.4 Å². The molecule has 2 N–H and O–H groups in total. The first kappa shape index (κ1) is 19.2. The lowest BCUT2D eigenvalue weighted by Crippen LogP contribution is -2.45. The Bertz CT molecular complexity index is 773. The Balaban J connectivity index is 1.41. The molecule has 2 aromatic rings. The van der Waals surface area contributed by atoms with Crippen LogP contribution in [0.3, 0.4) is 0 Å². The predicted octanol–water partition coefficient (Wildman–Crippen LogP) is 2.09. The molecule has 1 fully saturated rings. The Kier molecular flexibility index (Phi) is 6.64. The maximum atomic E-state index is 13.9. The van der Waals surface area contributed by atoms with Crippen LogP contribution in [0.1, 0.15) is 6.42 Å². The number of aromatic nitrogens is 2. The summed E-state index contributed by atoms with van der Waals surface area (Å²) in [5.41, 5.74) is 0. The summed E-state index contributed by atoms with van der Waals surface area (Å²) in [4.78, 5) is 14.4. The summed E-state index contributed by atoms with van der Waals surface area (Å²) in [6.45, 7) is 2.41. The highest BCUT2D eigenvalue weighted by molar-refractivity contribution is 6.30. The molecule has 1 aliphatic heterocycles. The number of nitrogens with zero attached hydrogens (tertiary/aromatic N) is 4. The average molecular weight is 393 g/mol. The van der Waals surface area contributed by atoms with E-state index in [1.165, 1.54) is 6.07 Å². The number of pyridine rings is 2. The molecule has 0 bridgehead atoms. The third-order valence-corrected chi connectivity index (χ3v) is 4.36. The largest absolute Gasteiger partial charge is 0.476 e. The zero-order valence-corrected chi connectivity index (χ0v) is 15.8. The van der Waals surface area contributed by atoms with Crippen molar-refractivity contribution in [1.29, 1.82) is 0 Å². The average Bonchev–Trinajstić information content (AvgIpc) is 3.14. The molecule has 1 atom stereocenters. The number of ether oxygens (including phenoxy) is 1. The topological polar surface area (TPSA) is 74.7 Å². The van der Waals surface area contributed by atoms with E-state index in [1.54, 1.807) is 37.6 Å². The summed E-state index contributed by atoms with van der Waals surface area (Å²) < 4.78 is 19.4. The summed E-state index contributed by atoms with van der Waals surface area (Å²) >= 11 is 5.79. The molecular formula is C18H22ClFN6O. The molecule has 9 heteroatoms. The second-order valence-electron chi connectivity index (χ2n) is 6.05. The molecule has 0 saturated carbocycles. The first-order valence-electron chi connectivity index (χ1n) is 8.72. The first-order chi connectivity index (χ1) is 13.2. The van der Waals surface area contributed by atoms with Crippen LogP contribution in [-0.4, -0.2) is 55.3 Å². The summed E-state index contributed by atoms with van der Waals surface area (Å²) in [7, 11) is 1.71. The third kappa shape index (κ3) is 5.43. The van der Waals surface area contributed by atoms with Crippen LogP contribution in [0.15, 0.2) is 41.7 Å². The fourth-order valence-corrected chi connectivity index (χ4v) is 2.95. The van der Waals surface area contributed by atoms with Crippen molar-refractivity contribution < 1.29 is 9.13 Å². The van der Waals surface area contributed by atoms with E-state index in [-0.39, 0.29) is 11.9 Å². The van der Waals surface area contributed by atoms with Gasteiger partial charge in [-0.1, -0.05) is 11.6 Å². The highest BCUT2D eigenvalue weighted by Crippen LogP contribution is 2.20. The smallest absolute Gasteiger partial charge is 0.213 e. The van der Waals surface area contributed by atoms with Crippen molar-refractivity contribution in [3.63, 3.8) is 0 Å². The zero-order valence-electron chi connectivity index (χ0n) is 15.0. The van der Waals surface area contributed by atoms with Gasteiger partial charge < -0.3 is 20.3 Å². The Hall–Kier alpha value is -2.61. The van der Waals surface area contributed by atoms with Gasteiger partial charge in [0, 0.05) is 44.6 Å². The summed E-state index contributed by atoms with van der Waals surface area (Å²) in [6, 6.07) is 6.64. The van der Waals surface area contributed by atoms with Crippen molar-refractivity contribution in [3.05, 3.63) is 47.5 Å². The fourth-order valence-electron chi connectivity index (χ4n) is 2.84. The Morgan fingerprint density at radius 2 is 2.30 bits per heavy atom. The van der Waals surface area contributed by atoms with Crippen LogP contribution in [-0.2, 0) is 0 Å². The minimum Gasteiger partial charge on any atom is -0.476 e. The van der Waals surface area contributed by atoms with E-state index in [4.69, 9.17) is 16.3 Å². The molecule has 7 nitrogen and oxygen atoms in total. The van der Waals surface area contributed by atoms with Crippen LogP contribution in [0.5, 0.6) is 5.88 Å². The molecule has 3 heterocycles. The molecule has 27 heavy (non-hydrogen) atoms. The van der Waals surface area contributed by atoms with E-state index in [2.05, 4.69) is 25.6 Å². The normalized spacial score (nSPS) is 17.1. The van der Waals surface area contributed by atoms with Crippen molar-refractivity contribution in [2.24, 2.45) is 4.99 Å². The van der Waals surface area contributed by atoms with Crippen LogP contribution in [0, 0.1) is 5.82 Å². The fraction of sp³-hybridized carbons (Fsp3) is 0.389. The van der Waals surface area contributed by atoms with Gasteiger partial charge in [-0.05, 0) is 24.6 Å². The molecule has 2 aromatic heterocycles. The van der Waals surface area contributed by atoms with Gasteiger partial charge in [0.15, 0.2) is 17.6 Å². The van der Waals surface area contributed by atoms with Crippen LogP contribution >= 0.6 is 11.6 Å². The molecule has 0 aromatic carbocycles. The lowest BCUT2D eigenvalue weighted by atomic mass is 10.3. The van der Waals surface area contributed by atoms with Gasteiger partial charge >= 0.3 is 0 Å². The standard InChI is InChI=1S/C18H22ClFN6O/c1-21-18(23-8-10-27-16-5-4-13(19)11-24-16)25-14-6-9-26(12-14)17-15(20)3-2-7-22-17/h2-5,7,11,14H,6,8-10,12H2,1H3,(H2,21,23,25). The second-order valence-corrected chi connectivity index (χ2v) is 6.48. The molecule has 144 valence electrons. The number of nitrogens with one attached hydrogen (secondary N) is 2. The monoisotopic (exact) mass is 392 g/mol. The molecule has 0 spiro atoms. The molecule has 0 radical (unpaired) electrons. The maximum Gasteiger partial charge on any atom is 0.213 e. The van der Waals surface area contributed by atoms with Gasteiger partial charge in [-0.15, -0.1) is 0 Å². The maximum absolute atomic E-state index is 13.9. The van der Waals surface area contributed by atoms with Gasteiger partial charge in [-0.25, -0.2) is 14.4 Å². The van der Waals surface area contributed by atoms with Crippen LogP contribution in [0.4, 0.5) is 10.2 Å². The minimum atomic E-state index is -0.298. The number of hydrogen-bond donors (Lipinski definition) is 2. The van der Waals surface area contributed by atoms with Crippen LogP contribution in [0.2, 0.25) is 5.02 Å². The van der Waals surface area contributed by atoms with Gasteiger partial charge in [0.05, 0.1) is 11.6 Å². The van der Waals surface area contributed by atoms with Gasteiger partial charge in [0.1, 0.15) is 6.61 Å². The number of guanidine groups is 1. The Morgan fingerprint density at radius 1 is 1.41 bits per heavy atom. The molecule has 0 amide bonds. The quantitative estimate of drug-likeness (QED) is 0.445. The highest BCUT2D eigenvalue weighted by atomic mass is 35.5. The highest BCUT2D eigenvalue weighted by Gasteiger charge is 2.25. The van der Waals surface area contributed by atoms with E-state index in [9.17, 15) is 4.39 Å². The van der Waals surface area contributed by atoms with Gasteiger partial charge in [0.2, 0.25) is 5.88 Å². The summed E-state index contributed by atoms with van der Waals surface area (Å²) in [5, 5.41) is 7.12. The first-order valence-corrected chi connectivity index (χ1v) is 9.10. The number of aliphatic imine (C=N–C) groups is 1. The van der Waals surface area contributed by atoms with E-state index in [1.807, 2.05) is 4.90 Å². The molecular weight excluding hydrogens is 371 g/mol. The number of rotatable bonds is 6.